The van der Waals surface area contributed by atoms with Crippen LogP contribution in [-0.2, 0) is 31.6 Å². The second kappa shape index (κ2) is 12.2. The number of nitrogens with one attached hydrogen (secondary N) is 1. The summed E-state index contributed by atoms with van der Waals surface area (Å²) >= 11 is 0. The van der Waals surface area contributed by atoms with Crippen LogP contribution in [0.3, 0.4) is 0 Å². The number of sulfonamides is 1. The third-order valence-corrected chi connectivity index (χ3v) is 10.8. The van der Waals surface area contributed by atoms with Crippen molar-refractivity contribution in [1.29, 1.82) is 0 Å². The lowest BCUT2D eigenvalue weighted by molar-refractivity contribution is -0.140. The van der Waals surface area contributed by atoms with Gasteiger partial charge in [0.2, 0.25) is 21.8 Å². The molecular formula is C33H45N3O4S. The van der Waals surface area contributed by atoms with E-state index in [1.165, 1.54) is 53.3 Å². The molecule has 0 heterocycles. The van der Waals surface area contributed by atoms with Gasteiger partial charge in [-0.2, -0.15) is 0 Å². The summed E-state index contributed by atoms with van der Waals surface area (Å²) in [6.45, 7) is 4.24. The minimum atomic E-state index is -3.76. The van der Waals surface area contributed by atoms with Gasteiger partial charge in [-0.25, -0.2) is 8.42 Å². The number of benzene rings is 2. The van der Waals surface area contributed by atoms with Gasteiger partial charge in [-0.1, -0.05) is 56.3 Å². The molecular weight excluding hydrogens is 534 g/mol. The second-order valence-electron chi connectivity index (χ2n) is 12.7. The molecule has 2 aromatic rings. The van der Waals surface area contributed by atoms with Crippen molar-refractivity contribution in [1.82, 2.24) is 10.2 Å². The summed E-state index contributed by atoms with van der Waals surface area (Å²) in [6.07, 6.45) is 10.2. The normalized spacial score (nSPS) is 25.5. The molecule has 4 aliphatic carbocycles. The SMILES string of the molecule is CCCNC(=O)[C@H](CC)N(Cc1ccccc1)C(=O)CN(c1ccc(C23CC4CC(CC(C4)C2)C3)cc1)S(C)(=O)=O. The maximum absolute atomic E-state index is 13.9. The summed E-state index contributed by atoms with van der Waals surface area (Å²) in [7, 11) is -3.76. The Morgan fingerprint density at radius 3 is 2.02 bits per heavy atom. The van der Waals surface area contributed by atoms with Crippen LogP contribution in [0.25, 0.3) is 0 Å². The Balaban J connectivity index is 1.39. The first kappa shape index (κ1) is 29.6. The van der Waals surface area contributed by atoms with Crippen molar-refractivity contribution >= 4 is 27.5 Å². The third kappa shape index (κ3) is 6.47. The molecule has 2 amide bonds. The van der Waals surface area contributed by atoms with Crippen molar-refractivity contribution in [2.45, 2.75) is 83.2 Å². The fraction of sp³-hybridized carbons (Fsp3) is 0.576. The molecule has 1 atom stereocenters. The Morgan fingerprint density at radius 2 is 1.51 bits per heavy atom. The van der Waals surface area contributed by atoms with Crippen LogP contribution < -0.4 is 9.62 Å². The number of amides is 2. The van der Waals surface area contributed by atoms with Crippen molar-refractivity contribution in [2.75, 3.05) is 23.7 Å². The van der Waals surface area contributed by atoms with Gasteiger partial charge in [0.15, 0.2) is 0 Å². The Hall–Kier alpha value is -2.87. The molecule has 4 fully saturated rings. The van der Waals surface area contributed by atoms with Gasteiger partial charge < -0.3 is 10.2 Å². The fourth-order valence-corrected chi connectivity index (χ4v) is 8.97. The van der Waals surface area contributed by atoms with Gasteiger partial charge in [-0.3, -0.25) is 13.9 Å². The standard InChI is InChI=1S/C33H45N3O4S/c1-4-15-34-32(38)30(5-2)35(22-24-9-7-6-8-10-24)31(37)23-36(41(3,39)40)29-13-11-28(12-14-29)33-19-25-16-26(20-33)18-27(17-25)21-33/h6-14,25-27,30H,4-5,15-23H2,1-3H3,(H,34,38)/t25?,26?,27?,30-,33?/m0/s1. The molecule has 7 nitrogen and oxygen atoms in total. The first-order valence-corrected chi connectivity index (χ1v) is 17.2. The quantitative estimate of drug-likeness (QED) is 0.372. The van der Waals surface area contributed by atoms with Gasteiger partial charge in [0.05, 0.1) is 11.9 Å². The first-order chi connectivity index (χ1) is 19.6. The topological polar surface area (TPSA) is 86.8 Å². The molecule has 4 saturated carbocycles. The van der Waals surface area contributed by atoms with Crippen LogP contribution in [0.2, 0.25) is 0 Å². The lowest BCUT2D eigenvalue weighted by atomic mass is 9.48. The maximum atomic E-state index is 13.9. The van der Waals surface area contributed by atoms with Crippen molar-refractivity contribution < 1.29 is 18.0 Å². The molecule has 6 rings (SSSR count). The number of nitrogens with zero attached hydrogens (tertiary/aromatic N) is 2. The Morgan fingerprint density at radius 1 is 0.927 bits per heavy atom. The molecule has 0 saturated heterocycles. The van der Waals surface area contributed by atoms with Crippen LogP contribution in [-0.4, -0.2) is 50.5 Å². The molecule has 1 N–H and O–H groups in total. The molecule has 0 spiro atoms. The molecule has 2 aromatic carbocycles. The van der Waals surface area contributed by atoms with E-state index in [2.05, 4.69) is 17.4 Å². The van der Waals surface area contributed by atoms with E-state index in [1.54, 1.807) is 0 Å². The molecule has 8 heteroatoms. The zero-order chi connectivity index (χ0) is 29.2. The fourth-order valence-electron chi connectivity index (χ4n) is 8.12. The number of rotatable bonds is 12. The highest BCUT2D eigenvalue weighted by atomic mass is 32.2. The third-order valence-electron chi connectivity index (χ3n) is 9.62. The molecule has 0 aromatic heterocycles. The summed E-state index contributed by atoms with van der Waals surface area (Å²) in [5.41, 5.74) is 2.89. The van der Waals surface area contributed by atoms with Crippen LogP contribution in [0.15, 0.2) is 54.6 Å². The minimum Gasteiger partial charge on any atom is -0.354 e. The number of hydrogen-bond acceptors (Lipinski definition) is 4. The van der Waals surface area contributed by atoms with E-state index in [1.807, 2.05) is 56.3 Å². The Kier molecular flexibility index (Phi) is 8.78. The number of carbonyl (C=O) groups excluding carboxylic acids is 2. The number of hydrogen-bond donors (Lipinski definition) is 1. The highest BCUT2D eigenvalue weighted by molar-refractivity contribution is 7.92. The molecule has 41 heavy (non-hydrogen) atoms. The van der Waals surface area contributed by atoms with Crippen molar-refractivity contribution in [3.8, 4) is 0 Å². The highest BCUT2D eigenvalue weighted by Gasteiger charge is 2.51. The van der Waals surface area contributed by atoms with Crippen LogP contribution in [0.4, 0.5) is 5.69 Å². The summed E-state index contributed by atoms with van der Waals surface area (Å²) in [5.74, 6) is 1.85. The summed E-state index contributed by atoms with van der Waals surface area (Å²) in [4.78, 5) is 28.5. The maximum Gasteiger partial charge on any atom is 0.244 e. The largest absolute Gasteiger partial charge is 0.354 e. The monoisotopic (exact) mass is 579 g/mol. The number of anilines is 1. The van der Waals surface area contributed by atoms with Gasteiger partial charge in [0.25, 0.3) is 0 Å². The lowest BCUT2D eigenvalue weighted by Gasteiger charge is -2.57. The van der Waals surface area contributed by atoms with Gasteiger partial charge in [0, 0.05) is 13.1 Å². The van der Waals surface area contributed by atoms with E-state index < -0.39 is 22.0 Å². The average Bonchev–Trinajstić information content (AvgIpc) is 2.94. The van der Waals surface area contributed by atoms with Crippen molar-refractivity contribution in [3.63, 3.8) is 0 Å². The van der Waals surface area contributed by atoms with E-state index in [-0.39, 0.29) is 24.4 Å². The van der Waals surface area contributed by atoms with Gasteiger partial charge >= 0.3 is 0 Å². The lowest BCUT2D eigenvalue weighted by Crippen LogP contribution is -2.52. The summed E-state index contributed by atoms with van der Waals surface area (Å²) in [6, 6.07) is 16.7. The Labute approximate surface area is 245 Å². The van der Waals surface area contributed by atoms with Crippen LogP contribution in [0.5, 0.6) is 0 Å². The van der Waals surface area contributed by atoms with Crippen molar-refractivity contribution in [2.24, 2.45) is 17.8 Å². The molecule has 0 radical (unpaired) electrons. The smallest absolute Gasteiger partial charge is 0.244 e. The highest BCUT2D eigenvalue weighted by Crippen LogP contribution is 2.60. The molecule has 4 aliphatic rings. The first-order valence-electron chi connectivity index (χ1n) is 15.3. The van der Waals surface area contributed by atoms with E-state index in [4.69, 9.17) is 0 Å². The zero-order valence-electron chi connectivity index (χ0n) is 24.7. The van der Waals surface area contributed by atoms with Crippen LogP contribution >= 0.6 is 0 Å². The molecule has 4 bridgehead atoms. The van der Waals surface area contributed by atoms with E-state index in [9.17, 15) is 18.0 Å². The van der Waals surface area contributed by atoms with Crippen LogP contribution in [0, 0.1) is 17.8 Å². The summed E-state index contributed by atoms with van der Waals surface area (Å²) in [5, 5.41) is 2.92. The van der Waals surface area contributed by atoms with Gasteiger partial charge in [-0.15, -0.1) is 0 Å². The van der Waals surface area contributed by atoms with Crippen LogP contribution in [0.1, 0.15) is 76.3 Å². The van der Waals surface area contributed by atoms with E-state index in [0.717, 1.165) is 36.0 Å². The molecule has 0 unspecified atom stereocenters. The average molecular weight is 580 g/mol. The number of carbonyl (C=O) groups is 2. The predicted octanol–water partition coefficient (Wildman–Crippen LogP) is 5.25. The zero-order valence-corrected chi connectivity index (χ0v) is 25.5. The summed E-state index contributed by atoms with van der Waals surface area (Å²) < 4.78 is 27.3. The predicted molar refractivity (Wildman–Crippen MR) is 163 cm³/mol. The molecule has 222 valence electrons. The van der Waals surface area contributed by atoms with E-state index in [0.29, 0.717) is 18.7 Å². The molecule has 0 aliphatic heterocycles. The van der Waals surface area contributed by atoms with Gasteiger partial charge in [-0.05, 0) is 97.8 Å². The van der Waals surface area contributed by atoms with Crippen molar-refractivity contribution in [3.05, 3.63) is 65.7 Å². The van der Waals surface area contributed by atoms with Gasteiger partial charge in [0.1, 0.15) is 12.6 Å². The second-order valence-corrected chi connectivity index (χ2v) is 14.6. The van der Waals surface area contributed by atoms with E-state index >= 15 is 0 Å². The minimum absolute atomic E-state index is 0.214. The Bertz CT molecular complexity index is 1290.